The number of aliphatic hydroxyl groups excluding tert-OH is 1. The SMILES string of the molecule is Oc1ccc(C2=CCN(C[C@H](O)COCc3ccco3)CC2)cc1. The first kappa shape index (κ1) is 16.8. The van der Waals surface area contributed by atoms with Crippen LogP contribution in [0.2, 0.25) is 0 Å². The van der Waals surface area contributed by atoms with Gasteiger partial charge in [-0.15, -0.1) is 0 Å². The average Bonchev–Trinajstić information content (AvgIpc) is 3.10. The molecule has 1 aromatic carbocycles. The second-order valence-corrected chi connectivity index (χ2v) is 6.03. The van der Waals surface area contributed by atoms with Crippen molar-refractivity contribution in [1.82, 2.24) is 4.90 Å². The van der Waals surface area contributed by atoms with Gasteiger partial charge in [0.15, 0.2) is 0 Å². The smallest absolute Gasteiger partial charge is 0.129 e. The largest absolute Gasteiger partial charge is 0.508 e. The highest BCUT2D eigenvalue weighted by Crippen LogP contribution is 2.24. The Morgan fingerprint density at radius 2 is 2.04 bits per heavy atom. The Hall–Kier alpha value is -2.08. The second-order valence-electron chi connectivity index (χ2n) is 6.03. The third-order valence-electron chi connectivity index (χ3n) is 4.13. The van der Waals surface area contributed by atoms with Crippen LogP contribution in [0.1, 0.15) is 17.7 Å². The van der Waals surface area contributed by atoms with Crippen molar-refractivity contribution < 1.29 is 19.4 Å². The molecule has 2 N–H and O–H groups in total. The van der Waals surface area contributed by atoms with Crippen molar-refractivity contribution in [3.8, 4) is 5.75 Å². The van der Waals surface area contributed by atoms with Crippen LogP contribution in [0.5, 0.6) is 5.75 Å². The minimum absolute atomic E-state index is 0.287. The molecule has 1 atom stereocenters. The third-order valence-corrected chi connectivity index (χ3v) is 4.13. The molecule has 0 saturated heterocycles. The van der Waals surface area contributed by atoms with Crippen molar-refractivity contribution in [1.29, 1.82) is 0 Å². The summed E-state index contributed by atoms with van der Waals surface area (Å²) in [6, 6.07) is 11.0. The summed E-state index contributed by atoms with van der Waals surface area (Å²) in [5.74, 6) is 1.05. The Morgan fingerprint density at radius 1 is 1.21 bits per heavy atom. The lowest BCUT2D eigenvalue weighted by Gasteiger charge is -2.28. The highest BCUT2D eigenvalue weighted by atomic mass is 16.5. The van der Waals surface area contributed by atoms with Crippen LogP contribution in [-0.2, 0) is 11.3 Å². The van der Waals surface area contributed by atoms with Gasteiger partial charge in [-0.3, -0.25) is 4.90 Å². The summed E-state index contributed by atoms with van der Waals surface area (Å²) in [6.45, 7) is 2.99. The zero-order valence-corrected chi connectivity index (χ0v) is 13.6. The predicted octanol–water partition coefficient (Wildman–Crippen LogP) is 2.65. The molecule has 1 aliphatic heterocycles. The van der Waals surface area contributed by atoms with E-state index in [0.29, 0.717) is 19.8 Å². The molecule has 1 aliphatic rings. The van der Waals surface area contributed by atoms with E-state index in [-0.39, 0.29) is 5.75 Å². The van der Waals surface area contributed by atoms with Gasteiger partial charge in [0.25, 0.3) is 0 Å². The van der Waals surface area contributed by atoms with Crippen LogP contribution in [0, 0.1) is 0 Å². The van der Waals surface area contributed by atoms with E-state index in [9.17, 15) is 10.2 Å². The molecule has 0 unspecified atom stereocenters. The molecule has 0 aliphatic carbocycles. The fourth-order valence-corrected chi connectivity index (χ4v) is 2.86. The van der Waals surface area contributed by atoms with Crippen LogP contribution >= 0.6 is 0 Å². The number of rotatable bonds is 7. The number of aromatic hydroxyl groups is 1. The Morgan fingerprint density at radius 3 is 2.71 bits per heavy atom. The first-order valence-corrected chi connectivity index (χ1v) is 8.19. The highest BCUT2D eigenvalue weighted by molar-refractivity contribution is 5.67. The first-order valence-electron chi connectivity index (χ1n) is 8.19. The van der Waals surface area contributed by atoms with Gasteiger partial charge in [-0.1, -0.05) is 18.2 Å². The fraction of sp³-hybridized carbons (Fsp3) is 0.368. The van der Waals surface area contributed by atoms with E-state index in [1.807, 2.05) is 24.3 Å². The van der Waals surface area contributed by atoms with Crippen LogP contribution in [0.25, 0.3) is 5.57 Å². The Labute approximate surface area is 141 Å². The summed E-state index contributed by atoms with van der Waals surface area (Å²) in [5, 5.41) is 19.5. The number of phenols is 1. The van der Waals surface area contributed by atoms with E-state index in [2.05, 4.69) is 11.0 Å². The topological polar surface area (TPSA) is 66.1 Å². The minimum Gasteiger partial charge on any atom is -0.508 e. The number of furan rings is 1. The molecule has 2 heterocycles. The average molecular weight is 329 g/mol. The van der Waals surface area contributed by atoms with Crippen molar-refractivity contribution >= 4 is 5.57 Å². The molecular formula is C19H23NO4. The van der Waals surface area contributed by atoms with Gasteiger partial charge in [0.2, 0.25) is 0 Å². The highest BCUT2D eigenvalue weighted by Gasteiger charge is 2.16. The molecule has 5 heteroatoms. The number of hydrogen-bond acceptors (Lipinski definition) is 5. The summed E-state index contributed by atoms with van der Waals surface area (Å²) >= 11 is 0. The standard InChI is InChI=1S/C19H23NO4/c21-17-5-3-15(4-6-17)16-7-9-20(10-8-16)12-18(22)13-23-14-19-2-1-11-24-19/h1-7,11,18,21-22H,8-10,12-14H2/t18-/m0/s1. The van der Waals surface area contributed by atoms with Gasteiger partial charge in [-0.25, -0.2) is 0 Å². The zero-order valence-electron chi connectivity index (χ0n) is 13.6. The summed E-state index contributed by atoms with van der Waals surface area (Å²) in [5.41, 5.74) is 2.43. The zero-order chi connectivity index (χ0) is 16.8. The molecule has 2 aromatic rings. The normalized spacial score (nSPS) is 16.8. The fourth-order valence-electron chi connectivity index (χ4n) is 2.86. The maximum absolute atomic E-state index is 10.1. The van der Waals surface area contributed by atoms with Crippen molar-refractivity contribution in [3.63, 3.8) is 0 Å². The number of hydrogen-bond donors (Lipinski definition) is 2. The van der Waals surface area contributed by atoms with Crippen LogP contribution < -0.4 is 0 Å². The molecule has 3 rings (SSSR count). The lowest BCUT2D eigenvalue weighted by molar-refractivity contribution is 0.00658. The Kier molecular flexibility index (Phi) is 5.69. The number of aliphatic hydroxyl groups is 1. The number of benzene rings is 1. The van der Waals surface area contributed by atoms with Gasteiger partial charge >= 0.3 is 0 Å². The van der Waals surface area contributed by atoms with Gasteiger partial charge in [0.05, 0.1) is 19.0 Å². The quantitative estimate of drug-likeness (QED) is 0.817. The second kappa shape index (κ2) is 8.15. The molecule has 24 heavy (non-hydrogen) atoms. The number of ether oxygens (including phenoxy) is 1. The van der Waals surface area contributed by atoms with Gasteiger partial charge < -0.3 is 19.4 Å². The maximum atomic E-state index is 10.1. The molecule has 0 fully saturated rings. The van der Waals surface area contributed by atoms with E-state index in [0.717, 1.165) is 30.8 Å². The Balaban J connectivity index is 1.41. The maximum Gasteiger partial charge on any atom is 0.129 e. The summed E-state index contributed by atoms with van der Waals surface area (Å²) in [6.07, 6.45) is 4.22. The molecule has 0 saturated carbocycles. The Bertz CT molecular complexity index is 649. The molecule has 0 radical (unpaired) electrons. The predicted molar refractivity (Wildman–Crippen MR) is 91.5 cm³/mol. The van der Waals surface area contributed by atoms with E-state index >= 15 is 0 Å². The lowest BCUT2D eigenvalue weighted by atomic mass is 9.99. The lowest BCUT2D eigenvalue weighted by Crippen LogP contribution is -2.37. The monoisotopic (exact) mass is 329 g/mol. The summed E-state index contributed by atoms with van der Waals surface area (Å²) in [7, 11) is 0. The number of phenolic OH excluding ortho intramolecular Hbond substituents is 1. The third kappa shape index (κ3) is 4.71. The van der Waals surface area contributed by atoms with Crippen molar-refractivity contribution in [3.05, 3.63) is 60.1 Å². The molecule has 128 valence electrons. The van der Waals surface area contributed by atoms with E-state index < -0.39 is 6.10 Å². The van der Waals surface area contributed by atoms with Crippen LogP contribution in [0.15, 0.2) is 53.2 Å². The van der Waals surface area contributed by atoms with Crippen molar-refractivity contribution in [2.24, 2.45) is 0 Å². The van der Waals surface area contributed by atoms with Gasteiger partial charge in [-0.05, 0) is 41.8 Å². The summed E-state index contributed by atoms with van der Waals surface area (Å²) in [4.78, 5) is 2.21. The van der Waals surface area contributed by atoms with E-state index in [1.54, 1.807) is 18.4 Å². The van der Waals surface area contributed by atoms with Crippen molar-refractivity contribution in [2.45, 2.75) is 19.1 Å². The molecule has 1 aromatic heterocycles. The minimum atomic E-state index is -0.511. The van der Waals surface area contributed by atoms with Crippen molar-refractivity contribution in [2.75, 3.05) is 26.2 Å². The van der Waals surface area contributed by atoms with E-state index in [1.165, 1.54) is 5.57 Å². The molecule has 5 nitrogen and oxygen atoms in total. The molecular weight excluding hydrogens is 306 g/mol. The van der Waals surface area contributed by atoms with Crippen LogP contribution in [-0.4, -0.2) is 47.5 Å². The summed E-state index contributed by atoms with van der Waals surface area (Å²) < 4.78 is 10.7. The van der Waals surface area contributed by atoms with Gasteiger partial charge in [0, 0.05) is 19.6 Å². The molecule has 0 amide bonds. The molecule has 0 spiro atoms. The molecule has 0 bridgehead atoms. The first-order chi connectivity index (χ1) is 11.7. The van der Waals surface area contributed by atoms with Gasteiger partial charge in [0.1, 0.15) is 18.1 Å². The van der Waals surface area contributed by atoms with Crippen LogP contribution in [0.4, 0.5) is 0 Å². The van der Waals surface area contributed by atoms with Gasteiger partial charge in [-0.2, -0.15) is 0 Å². The number of β-amino-alcohol motifs (C(OH)–C–C–N with tert-alkyl or cyclic N) is 1. The number of nitrogens with zero attached hydrogens (tertiary/aromatic N) is 1. The van der Waals surface area contributed by atoms with E-state index in [4.69, 9.17) is 9.15 Å². The van der Waals surface area contributed by atoms with Crippen LogP contribution in [0.3, 0.4) is 0 Å².